The smallest absolute Gasteiger partial charge is 0.328 e. The van der Waals surface area contributed by atoms with Gasteiger partial charge < -0.3 is 14.5 Å². The Kier molecular flexibility index (Phi) is 5.04. The molecule has 0 saturated carbocycles. The summed E-state index contributed by atoms with van der Waals surface area (Å²) in [4.78, 5) is 33.6. The molecule has 0 radical (unpaired) electrons. The predicted molar refractivity (Wildman–Crippen MR) is 121 cm³/mol. The molecule has 32 heavy (non-hydrogen) atoms. The number of urea groups is 1. The molecule has 2 aliphatic heterocycles. The van der Waals surface area contributed by atoms with Crippen molar-refractivity contribution in [3.8, 4) is 11.5 Å². The first-order valence-corrected chi connectivity index (χ1v) is 11.0. The highest BCUT2D eigenvalue weighted by atomic mass is 16.5. The molecule has 1 N–H and O–H groups in total. The monoisotopic (exact) mass is 433 g/mol. The van der Waals surface area contributed by atoms with E-state index in [2.05, 4.69) is 18.0 Å². The number of aromatic amines is 1. The number of unbranched alkanes of at least 4 members (excludes halogenated alkanes) is 1. The molecule has 3 aromatic rings. The van der Waals surface area contributed by atoms with E-state index < -0.39 is 12.1 Å². The molecule has 1 saturated heterocycles. The van der Waals surface area contributed by atoms with Crippen LogP contribution in [0.3, 0.4) is 0 Å². The van der Waals surface area contributed by atoms with Crippen molar-refractivity contribution in [1.82, 2.24) is 14.8 Å². The van der Waals surface area contributed by atoms with Gasteiger partial charge in [-0.1, -0.05) is 37.6 Å². The van der Waals surface area contributed by atoms with E-state index in [1.165, 1.54) is 4.90 Å². The number of nitrogens with zero attached hydrogens (tertiary/aromatic N) is 2. The summed E-state index contributed by atoms with van der Waals surface area (Å²) < 4.78 is 10.9. The van der Waals surface area contributed by atoms with Gasteiger partial charge in [0.25, 0.3) is 5.91 Å². The number of benzene rings is 2. The molecule has 1 fully saturated rings. The first kappa shape index (κ1) is 20.4. The highest BCUT2D eigenvalue weighted by molar-refractivity contribution is 6.05. The van der Waals surface area contributed by atoms with Crippen LogP contribution in [0.1, 0.15) is 42.6 Å². The normalized spacial score (nSPS) is 20.0. The fraction of sp³-hybridized carbons (Fsp3) is 0.360. The van der Waals surface area contributed by atoms with Gasteiger partial charge >= 0.3 is 6.03 Å². The number of aromatic nitrogens is 1. The number of rotatable bonds is 6. The van der Waals surface area contributed by atoms with E-state index in [0.717, 1.165) is 40.6 Å². The molecule has 0 aliphatic carbocycles. The lowest BCUT2D eigenvalue weighted by Gasteiger charge is -2.36. The number of para-hydroxylation sites is 1. The Balaban J connectivity index is 1.69. The molecule has 5 rings (SSSR count). The van der Waals surface area contributed by atoms with Crippen molar-refractivity contribution < 1.29 is 19.1 Å². The number of ether oxygens (including phenoxy) is 2. The summed E-state index contributed by atoms with van der Waals surface area (Å²) in [5.74, 6) is 1.10. The van der Waals surface area contributed by atoms with Crippen LogP contribution in [0, 0.1) is 0 Å². The zero-order chi connectivity index (χ0) is 22.4. The second kappa shape index (κ2) is 7.89. The Morgan fingerprint density at radius 3 is 2.59 bits per heavy atom. The van der Waals surface area contributed by atoms with E-state index in [4.69, 9.17) is 9.47 Å². The van der Waals surface area contributed by atoms with Crippen LogP contribution in [0.25, 0.3) is 10.9 Å². The molecule has 7 nitrogen and oxygen atoms in total. The lowest BCUT2D eigenvalue weighted by Crippen LogP contribution is -2.44. The summed E-state index contributed by atoms with van der Waals surface area (Å²) in [5, 5.41) is 1.10. The quantitative estimate of drug-likeness (QED) is 0.590. The number of H-pyrrole nitrogens is 1. The van der Waals surface area contributed by atoms with Crippen LogP contribution >= 0.6 is 0 Å². The number of carbonyl (C=O) groups is 2. The number of amides is 3. The zero-order valence-corrected chi connectivity index (χ0v) is 18.6. The first-order valence-electron chi connectivity index (χ1n) is 11.0. The van der Waals surface area contributed by atoms with Crippen molar-refractivity contribution in [2.45, 2.75) is 38.3 Å². The topological polar surface area (TPSA) is 74.9 Å². The second-order valence-electron chi connectivity index (χ2n) is 8.33. The molecule has 0 bridgehead atoms. The van der Waals surface area contributed by atoms with Crippen molar-refractivity contribution in [2.24, 2.45) is 0 Å². The third-order valence-electron chi connectivity index (χ3n) is 6.59. The Morgan fingerprint density at radius 1 is 1.06 bits per heavy atom. The van der Waals surface area contributed by atoms with Crippen LogP contribution in [0.5, 0.6) is 11.5 Å². The third-order valence-corrected chi connectivity index (χ3v) is 6.59. The SMILES string of the molecule is CCCCN1C(=O)[C@@H]2Cc3c([nH]c4ccccc34)[C@@H](c3ccc(OC)c(OC)c3)N2C1=O. The van der Waals surface area contributed by atoms with Crippen LogP contribution < -0.4 is 9.47 Å². The Labute approximate surface area is 186 Å². The van der Waals surface area contributed by atoms with E-state index in [9.17, 15) is 9.59 Å². The van der Waals surface area contributed by atoms with Gasteiger partial charge in [-0.25, -0.2) is 4.79 Å². The molecule has 3 amide bonds. The van der Waals surface area contributed by atoms with Crippen LogP contribution in [0.15, 0.2) is 42.5 Å². The van der Waals surface area contributed by atoms with Gasteiger partial charge in [0.2, 0.25) is 0 Å². The largest absolute Gasteiger partial charge is 0.493 e. The van der Waals surface area contributed by atoms with Gasteiger partial charge in [0.05, 0.1) is 14.2 Å². The molecule has 2 atom stereocenters. The molecule has 2 aromatic carbocycles. The summed E-state index contributed by atoms with van der Waals surface area (Å²) in [6.07, 6.45) is 2.23. The summed E-state index contributed by atoms with van der Waals surface area (Å²) in [5.41, 5.74) is 3.93. The summed E-state index contributed by atoms with van der Waals surface area (Å²) in [6, 6.07) is 12.6. The van der Waals surface area contributed by atoms with Gasteiger partial charge in [-0.2, -0.15) is 0 Å². The Morgan fingerprint density at radius 2 is 1.84 bits per heavy atom. The highest BCUT2D eigenvalue weighted by Gasteiger charge is 2.52. The molecule has 2 aliphatic rings. The Bertz CT molecular complexity index is 1200. The van der Waals surface area contributed by atoms with Gasteiger partial charge in [-0.05, 0) is 35.7 Å². The number of hydrogen-bond acceptors (Lipinski definition) is 4. The standard InChI is InChI=1S/C25H27N3O4/c1-4-5-12-27-24(29)19-14-17-16-8-6-7-9-18(16)26-22(17)23(28(19)25(27)30)15-10-11-20(31-2)21(13-15)32-3/h6-11,13,19,23,26H,4-5,12,14H2,1-3H3/t19-,23+/m0/s1. The van der Waals surface area contributed by atoms with E-state index in [1.54, 1.807) is 19.1 Å². The highest BCUT2D eigenvalue weighted by Crippen LogP contribution is 2.45. The second-order valence-corrected chi connectivity index (χ2v) is 8.33. The molecule has 1 aromatic heterocycles. The number of hydrogen-bond donors (Lipinski definition) is 1. The summed E-state index contributed by atoms with van der Waals surface area (Å²) in [7, 11) is 3.19. The summed E-state index contributed by atoms with van der Waals surface area (Å²) in [6.45, 7) is 2.51. The number of methoxy groups -OCH3 is 2. The van der Waals surface area contributed by atoms with Crippen molar-refractivity contribution in [3.63, 3.8) is 0 Å². The van der Waals surface area contributed by atoms with Crippen LogP contribution in [-0.2, 0) is 11.2 Å². The number of carbonyl (C=O) groups excluding carboxylic acids is 2. The zero-order valence-electron chi connectivity index (χ0n) is 18.6. The van der Waals surface area contributed by atoms with Crippen LogP contribution in [0.4, 0.5) is 4.79 Å². The number of imide groups is 1. The fourth-order valence-corrected chi connectivity index (χ4v) is 5.02. The van der Waals surface area contributed by atoms with E-state index in [0.29, 0.717) is 24.5 Å². The maximum Gasteiger partial charge on any atom is 0.328 e. The number of nitrogens with one attached hydrogen (secondary N) is 1. The van der Waals surface area contributed by atoms with Gasteiger partial charge in [0.15, 0.2) is 11.5 Å². The maximum atomic E-state index is 13.5. The molecule has 0 unspecified atom stereocenters. The molecule has 3 heterocycles. The minimum absolute atomic E-state index is 0.107. The van der Waals surface area contributed by atoms with Crippen molar-refractivity contribution in [2.75, 3.05) is 20.8 Å². The predicted octanol–water partition coefficient (Wildman–Crippen LogP) is 4.26. The molecular weight excluding hydrogens is 406 g/mol. The number of fused-ring (bicyclic) bond motifs is 4. The maximum absolute atomic E-state index is 13.5. The van der Waals surface area contributed by atoms with E-state index in [-0.39, 0.29) is 11.9 Å². The Hall–Kier alpha value is -3.48. The van der Waals surface area contributed by atoms with Crippen molar-refractivity contribution in [3.05, 3.63) is 59.3 Å². The minimum atomic E-state index is -0.510. The van der Waals surface area contributed by atoms with E-state index in [1.807, 2.05) is 36.4 Å². The third kappa shape index (κ3) is 2.95. The minimum Gasteiger partial charge on any atom is -0.493 e. The van der Waals surface area contributed by atoms with Crippen molar-refractivity contribution in [1.29, 1.82) is 0 Å². The molecule has 7 heteroatoms. The van der Waals surface area contributed by atoms with Crippen molar-refractivity contribution >= 4 is 22.8 Å². The average molecular weight is 434 g/mol. The average Bonchev–Trinajstić information content (AvgIpc) is 3.31. The molecule has 166 valence electrons. The van der Waals surface area contributed by atoms with Gasteiger partial charge in [-0.15, -0.1) is 0 Å². The van der Waals surface area contributed by atoms with Crippen LogP contribution in [-0.4, -0.2) is 53.5 Å². The molecule has 0 spiro atoms. The van der Waals surface area contributed by atoms with Crippen LogP contribution in [0.2, 0.25) is 0 Å². The lowest BCUT2D eigenvalue weighted by molar-refractivity contribution is -0.128. The summed E-state index contributed by atoms with van der Waals surface area (Å²) >= 11 is 0. The van der Waals surface area contributed by atoms with Gasteiger partial charge in [0, 0.05) is 29.6 Å². The first-order chi connectivity index (χ1) is 15.6. The lowest BCUT2D eigenvalue weighted by atomic mass is 9.88. The van der Waals surface area contributed by atoms with Gasteiger partial charge in [0.1, 0.15) is 12.1 Å². The van der Waals surface area contributed by atoms with E-state index >= 15 is 0 Å². The fourth-order valence-electron chi connectivity index (χ4n) is 5.02. The molecular formula is C25H27N3O4. The van der Waals surface area contributed by atoms with Gasteiger partial charge in [-0.3, -0.25) is 14.6 Å².